The van der Waals surface area contributed by atoms with Crippen molar-refractivity contribution in [2.75, 3.05) is 36.5 Å². The Morgan fingerprint density at radius 2 is 1.80 bits per heavy atom. The fourth-order valence-electron chi connectivity index (χ4n) is 5.20. The summed E-state index contributed by atoms with van der Waals surface area (Å²) >= 11 is 1.38. The number of carbonyl (C=O) groups is 3. The predicted octanol–water partition coefficient (Wildman–Crippen LogP) is 4.76. The summed E-state index contributed by atoms with van der Waals surface area (Å²) in [7, 11) is 1.30. The Hall–Kier alpha value is -4.85. The number of hydrogen-bond acceptors (Lipinski definition) is 11. The molecule has 1 aliphatic rings. The minimum absolute atomic E-state index is 0.292. The lowest BCUT2D eigenvalue weighted by atomic mass is 9.87. The number of primary amides is 1. The molecule has 0 radical (unpaired) electrons. The number of nitrogens with one attached hydrogen (secondary N) is 1. The van der Waals surface area contributed by atoms with E-state index in [1.807, 2.05) is 42.2 Å². The van der Waals surface area contributed by atoms with Gasteiger partial charge in [0.1, 0.15) is 11.1 Å². The smallest absolute Gasteiger partial charge is 0.408 e. The van der Waals surface area contributed by atoms with Crippen LogP contribution in [-0.2, 0) is 14.3 Å². The van der Waals surface area contributed by atoms with E-state index in [9.17, 15) is 14.4 Å². The maximum absolute atomic E-state index is 12.8. The van der Waals surface area contributed by atoms with Crippen LogP contribution in [0.2, 0.25) is 0 Å². The molecule has 0 spiro atoms. The molecule has 14 heteroatoms. The monoisotopic (exact) mass is 632 g/mol. The van der Waals surface area contributed by atoms with Crippen LogP contribution < -0.4 is 20.9 Å². The van der Waals surface area contributed by atoms with Gasteiger partial charge in [0.15, 0.2) is 5.13 Å². The van der Waals surface area contributed by atoms with Crippen LogP contribution in [0.1, 0.15) is 40.5 Å². The number of piperidine rings is 1. The third-order valence-corrected chi connectivity index (χ3v) is 8.55. The van der Waals surface area contributed by atoms with Gasteiger partial charge in [0.25, 0.3) is 0 Å². The van der Waals surface area contributed by atoms with Crippen LogP contribution >= 0.6 is 11.3 Å². The van der Waals surface area contributed by atoms with E-state index in [-0.39, 0.29) is 0 Å². The third kappa shape index (κ3) is 6.80. The average Bonchev–Trinajstić information content (AvgIpc) is 3.44. The van der Waals surface area contributed by atoms with Crippen molar-refractivity contribution in [1.82, 2.24) is 25.3 Å². The van der Waals surface area contributed by atoms with Gasteiger partial charge in [0, 0.05) is 49.4 Å². The zero-order valence-electron chi connectivity index (χ0n) is 25.9. The quantitative estimate of drug-likeness (QED) is 0.271. The zero-order chi connectivity index (χ0) is 32.4. The van der Waals surface area contributed by atoms with Gasteiger partial charge < -0.3 is 25.4 Å². The molecule has 3 aromatic heterocycles. The number of methoxy groups -OCH3 is 1. The third-order valence-electron chi connectivity index (χ3n) is 7.42. The first kappa shape index (κ1) is 31.6. The van der Waals surface area contributed by atoms with Gasteiger partial charge in [0.05, 0.1) is 23.0 Å². The molecule has 5 rings (SSSR count). The van der Waals surface area contributed by atoms with Gasteiger partial charge in [-0.25, -0.2) is 29.3 Å². The maximum Gasteiger partial charge on any atom is 0.408 e. The number of aromatic nitrogens is 4. The minimum atomic E-state index is -1.21. The number of amides is 3. The van der Waals surface area contributed by atoms with Gasteiger partial charge in [-0.15, -0.1) is 0 Å². The summed E-state index contributed by atoms with van der Waals surface area (Å²) in [4.78, 5) is 59.3. The molecule has 4 heterocycles. The van der Waals surface area contributed by atoms with Crippen molar-refractivity contribution in [3.8, 4) is 22.4 Å². The van der Waals surface area contributed by atoms with E-state index in [0.29, 0.717) is 49.1 Å². The second-order valence-corrected chi connectivity index (χ2v) is 12.6. The van der Waals surface area contributed by atoms with Gasteiger partial charge in [-0.1, -0.05) is 17.4 Å². The zero-order valence-corrected chi connectivity index (χ0v) is 26.7. The number of pyridine rings is 1. The van der Waals surface area contributed by atoms with E-state index in [2.05, 4.69) is 20.3 Å². The number of nitrogens with two attached hydrogens (primary N) is 1. The van der Waals surface area contributed by atoms with Crippen molar-refractivity contribution >= 4 is 50.7 Å². The second kappa shape index (κ2) is 12.6. The molecule has 45 heavy (non-hydrogen) atoms. The number of esters is 1. The Morgan fingerprint density at radius 3 is 2.38 bits per heavy atom. The van der Waals surface area contributed by atoms with Gasteiger partial charge in [-0.3, -0.25) is 9.88 Å². The number of thiazole rings is 1. The molecule has 0 atom stereocenters. The molecule has 3 N–H and O–H groups in total. The Kier molecular flexibility index (Phi) is 8.87. The molecule has 0 unspecified atom stereocenters. The summed E-state index contributed by atoms with van der Waals surface area (Å²) in [6, 6.07) is 9.07. The number of alkyl carbamates (subject to hydrolysis) is 1. The van der Waals surface area contributed by atoms with Gasteiger partial charge in [-0.2, -0.15) is 0 Å². The Labute approximate surface area is 264 Å². The van der Waals surface area contributed by atoms with Crippen molar-refractivity contribution in [1.29, 1.82) is 0 Å². The number of urea groups is 1. The lowest BCUT2D eigenvalue weighted by Crippen LogP contribution is -2.61. The van der Waals surface area contributed by atoms with Crippen LogP contribution in [0.25, 0.3) is 32.6 Å². The van der Waals surface area contributed by atoms with Crippen molar-refractivity contribution in [2.45, 2.75) is 51.7 Å². The number of hydrogen-bond donors (Lipinski definition) is 2. The predicted molar refractivity (Wildman–Crippen MR) is 172 cm³/mol. The molecular weight excluding hydrogens is 596 g/mol. The average molecular weight is 633 g/mol. The fraction of sp³-hybridized carbons (Fsp3) is 0.387. The van der Waals surface area contributed by atoms with E-state index in [1.54, 1.807) is 39.4 Å². The fourth-order valence-corrected chi connectivity index (χ4v) is 6.34. The first-order valence-corrected chi connectivity index (χ1v) is 15.3. The number of ether oxygens (including phenoxy) is 2. The van der Waals surface area contributed by atoms with E-state index in [4.69, 9.17) is 20.2 Å². The largest absolute Gasteiger partial charge is 0.467 e. The lowest BCUT2D eigenvalue weighted by Gasteiger charge is -2.40. The first-order valence-electron chi connectivity index (χ1n) is 14.5. The van der Waals surface area contributed by atoms with E-state index >= 15 is 0 Å². The van der Waals surface area contributed by atoms with E-state index in [0.717, 1.165) is 27.1 Å². The molecule has 1 aliphatic heterocycles. The lowest BCUT2D eigenvalue weighted by molar-refractivity contribution is -0.149. The van der Waals surface area contributed by atoms with Crippen LogP contribution in [0.3, 0.4) is 0 Å². The number of carbonyl (C=O) groups excluding carboxylic acids is 3. The van der Waals surface area contributed by atoms with Crippen LogP contribution in [-0.4, -0.2) is 75.9 Å². The van der Waals surface area contributed by atoms with Crippen molar-refractivity contribution in [3.63, 3.8) is 0 Å². The summed E-state index contributed by atoms with van der Waals surface area (Å²) in [5.74, 6) is -0.0250. The second-order valence-electron chi connectivity index (χ2n) is 11.6. The molecule has 4 aromatic rings. The first-order chi connectivity index (χ1) is 21.4. The molecule has 0 saturated carbocycles. The summed E-state index contributed by atoms with van der Waals surface area (Å²) in [5, 5.41) is 3.26. The Balaban J connectivity index is 1.40. The number of anilines is 2. The van der Waals surface area contributed by atoms with Gasteiger partial charge in [-0.05, 0) is 70.4 Å². The van der Waals surface area contributed by atoms with E-state index < -0.39 is 29.2 Å². The molecule has 0 aliphatic carbocycles. The molecule has 236 valence electrons. The molecule has 1 saturated heterocycles. The Morgan fingerprint density at radius 1 is 1.09 bits per heavy atom. The summed E-state index contributed by atoms with van der Waals surface area (Å²) in [5.41, 5.74) is 7.61. The number of nitrogens with zero attached hydrogens (tertiary/aromatic N) is 6. The summed E-state index contributed by atoms with van der Waals surface area (Å²) in [6.45, 7) is 8.34. The SMILES string of the molecule is CCN(C(N)=O)c1nc2cc(-c3cnc(N4CCC(NC(=O)OC(C)(C)C)(C(=O)OC)CC4)nc3)cc(-c3ccccn3)c2s1. The highest BCUT2D eigenvalue weighted by Crippen LogP contribution is 2.39. The topological polar surface area (TPSA) is 166 Å². The molecule has 3 amide bonds. The van der Waals surface area contributed by atoms with Crippen LogP contribution in [0.5, 0.6) is 0 Å². The number of fused-ring (bicyclic) bond motifs is 1. The van der Waals surface area contributed by atoms with Crippen molar-refractivity contribution < 1.29 is 23.9 Å². The standard InChI is InChI=1S/C31H36N8O5S/c1-6-39(26(32)41)28-36-23-16-19(15-21(24(23)45-28)22-9-7-8-12-33-22)20-17-34-27(35-18-20)38-13-10-31(11-14-38,25(40)43-5)37-29(42)44-30(2,3)4/h7-9,12,15-18H,6,10-11,13-14H2,1-5H3,(H2,32,41)(H,37,42). The number of benzene rings is 1. The number of rotatable bonds is 7. The molecule has 1 fully saturated rings. The molecule has 13 nitrogen and oxygen atoms in total. The highest BCUT2D eigenvalue weighted by molar-refractivity contribution is 7.23. The summed E-state index contributed by atoms with van der Waals surface area (Å²) in [6.07, 6.45) is 5.12. The van der Waals surface area contributed by atoms with Crippen molar-refractivity contribution in [2.24, 2.45) is 5.73 Å². The van der Waals surface area contributed by atoms with Crippen molar-refractivity contribution in [3.05, 3.63) is 48.9 Å². The summed E-state index contributed by atoms with van der Waals surface area (Å²) < 4.78 is 11.3. The molecule has 1 aromatic carbocycles. The van der Waals surface area contributed by atoms with Gasteiger partial charge >= 0.3 is 18.1 Å². The van der Waals surface area contributed by atoms with Crippen LogP contribution in [0.4, 0.5) is 20.7 Å². The maximum atomic E-state index is 12.8. The van der Waals surface area contributed by atoms with E-state index in [1.165, 1.54) is 23.3 Å². The molecule has 0 bridgehead atoms. The van der Waals surface area contributed by atoms with Crippen LogP contribution in [0.15, 0.2) is 48.9 Å². The highest BCUT2D eigenvalue weighted by Gasteiger charge is 2.45. The van der Waals surface area contributed by atoms with Crippen LogP contribution in [0, 0.1) is 0 Å². The minimum Gasteiger partial charge on any atom is -0.467 e. The normalized spacial score (nSPS) is 14.6. The molecular formula is C31H36N8O5S. The van der Waals surface area contributed by atoms with Gasteiger partial charge in [0.2, 0.25) is 5.95 Å². The Bertz CT molecular complexity index is 1700. The highest BCUT2D eigenvalue weighted by atomic mass is 32.1.